The van der Waals surface area contributed by atoms with Crippen LogP contribution in [0.4, 0.5) is 4.39 Å². The van der Waals surface area contributed by atoms with Crippen molar-refractivity contribution in [2.24, 2.45) is 5.14 Å². The molecule has 0 atom stereocenters. The molecule has 21 heavy (non-hydrogen) atoms. The normalized spacial score (nSPS) is 16.2. The van der Waals surface area contributed by atoms with Gasteiger partial charge < -0.3 is 4.90 Å². The smallest absolute Gasteiger partial charge is 0.256 e. The van der Waals surface area contributed by atoms with E-state index in [1.165, 1.54) is 4.90 Å². The van der Waals surface area contributed by atoms with Crippen molar-refractivity contribution in [2.45, 2.75) is 36.6 Å². The van der Waals surface area contributed by atoms with Gasteiger partial charge in [0.1, 0.15) is 10.7 Å². The summed E-state index contributed by atoms with van der Waals surface area (Å²) in [7, 11) is -2.53. The number of nitrogens with two attached hydrogens (primary N) is 1. The summed E-state index contributed by atoms with van der Waals surface area (Å²) in [5, 5.41) is 4.68. The van der Waals surface area contributed by atoms with Crippen LogP contribution in [0.25, 0.3) is 0 Å². The van der Waals surface area contributed by atoms with Crippen LogP contribution in [-0.2, 0) is 10.0 Å². The number of sulfonamides is 1. The Morgan fingerprint density at radius 3 is 2.48 bits per heavy atom. The summed E-state index contributed by atoms with van der Waals surface area (Å²) >= 11 is 5.67. The van der Waals surface area contributed by atoms with Gasteiger partial charge in [0.25, 0.3) is 5.91 Å². The highest BCUT2D eigenvalue weighted by atomic mass is 35.5. The van der Waals surface area contributed by atoms with Crippen LogP contribution in [0.15, 0.2) is 17.0 Å². The predicted octanol–water partition coefficient (Wildman–Crippen LogP) is 2.14. The first-order valence-corrected chi connectivity index (χ1v) is 8.43. The average molecular weight is 335 g/mol. The third-order valence-electron chi connectivity index (χ3n) is 3.75. The number of amides is 1. The molecule has 1 aromatic rings. The maximum atomic E-state index is 13.9. The summed E-state index contributed by atoms with van der Waals surface area (Å²) in [6.07, 6.45) is 3.76. The minimum atomic E-state index is -4.12. The summed E-state index contributed by atoms with van der Waals surface area (Å²) in [5.74, 6) is -1.43. The Kier molecular flexibility index (Phi) is 4.55. The van der Waals surface area contributed by atoms with Crippen molar-refractivity contribution in [3.8, 4) is 0 Å². The van der Waals surface area contributed by atoms with Gasteiger partial charge >= 0.3 is 0 Å². The number of carbonyl (C=O) groups excluding carboxylic acids is 1. The Morgan fingerprint density at radius 1 is 1.38 bits per heavy atom. The van der Waals surface area contributed by atoms with E-state index in [0.717, 1.165) is 37.8 Å². The Morgan fingerprint density at radius 2 is 1.95 bits per heavy atom. The second-order valence-electron chi connectivity index (χ2n) is 5.16. The lowest BCUT2D eigenvalue weighted by molar-refractivity contribution is 0.0730. The van der Waals surface area contributed by atoms with Crippen molar-refractivity contribution < 1.29 is 17.6 Å². The van der Waals surface area contributed by atoms with E-state index in [1.54, 1.807) is 7.05 Å². The van der Waals surface area contributed by atoms with Crippen molar-refractivity contribution in [3.05, 3.63) is 28.5 Å². The number of carbonyl (C=O) groups is 1. The number of hydrogen-bond acceptors (Lipinski definition) is 3. The van der Waals surface area contributed by atoms with Crippen LogP contribution in [0.1, 0.15) is 36.0 Å². The molecule has 116 valence electrons. The summed E-state index contributed by atoms with van der Waals surface area (Å²) in [4.78, 5) is 13.4. The highest BCUT2D eigenvalue weighted by Gasteiger charge is 2.27. The van der Waals surface area contributed by atoms with E-state index >= 15 is 0 Å². The Hall–Kier alpha value is -1.18. The Labute approximate surface area is 127 Å². The predicted molar refractivity (Wildman–Crippen MR) is 77.1 cm³/mol. The third-order valence-corrected chi connectivity index (χ3v) is 5.13. The van der Waals surface area contributed by atoms with Gasteiger partial charge in [-0.15, -0.1) is 0 Å². The number of nitrogens with zero attached hydrogens (tertiary/aromatic N) is 1. The highest BCUT2D eigenvalue weighted by Crippen LogP contribution is 2.27. The van der Waals surface area contributed by atoms with Crippen molar-refractivity contribution in [3.63, 3.8) is 0 Å². The lowest BCUT2D eigenvalue weighted by atomic mass is 10.1. The first-order valence-electron chi connectivity index (χ1n) is 6.51. The van der Waals surface area contributed by atoms with E-state index in [1.807, 2.05) is 0 Å². The number of rotatable bonds is 3. The minimum Gasteiger partial charge on any atom is -0.339 e. The van der Waals surface area contributed by atoms with Gasteiger partial charge in [-0.3, -0.25) is 4.79 Å². The fourth-order valence-corrected chi connectivity index (χ4v) is 3.64. The van der Waals surface area contributed by atoms with Crippen LogP contribution >= 0.6 is 11.6 Å². The van der Waals surface area contributed by atoms with Gasteiger partial charge in [0.15, 0.2) is 0 Å². The zero-order valence-corrected chi connectivity index (χ0v) is 13.0. The van der Waals surface area contributed by atoms with Crippen LogP contribution in [0.3, 0.4) is 0 Å². The molecule has 1 amide bonds. The number of hydrogen-bond donors (Lipinski definition) is 1. The van der Waals surface area contributed by atoms with Crippen LogP contribution in [-0.4, -0.2) is 32.3 Å². The molecule has 5 nitrogen and oxygen atoms in total. The van der Waals surface area contributed by atoms with E-state index in [9.17, 15) is 17.6 Å². The zero-order valence-electron chi connectivity index (χ0n) is 11.5. The lowest BCUT2D eigenvalue weighted by Gasteiger charge is -2.24. The molecule has 2 rings (SSSR count). The molecule has 0 spiro atoms. The molecule has 1 fully saturated rings. The van der Waals surface area contributed by atoms with Gasteiger partial charge in [0.2, 0.25) is 10.0 Å². The fourth-order valence-electron chi connectivity index (χ4n) is 2.56. The van der Waals surface area contributed by atoms with Crippen molar-refractivity contribution in [1.82, 2.24) is 4.90 Å². The topological polar surface area (TPSA) is 80.5 Å². The Bertz CT molecular complexity index is 672. The van der Waals surface area contributed by atoms with Gasteiger partial charge in [-0.1, -0.05) is 24.4 Å². The number of halogens is 2. The number of benzene rings is 1. The lowest BCUT2D eigenvalue weighted by Crippen LogP contribution is -2.35. The SMILES string of the molecule is CN(C(=O)c1cc(S(N)(=O)=O)c(Cl)cc1F)C1CCCC1. The van der Waals surface area contributed by atoms with E-state index in [-0.39, 0.29) is 16.6 Å². The minimum absolute atomic E-state index is 0.0468. The molecule has 0 radical (unpaired) electrons. The second kappa shape index (κ2) is 5.90. The molecule has 0 bridgehead atoms. The van der Waals surface area contributed by atoms with E-state index in [4.69, 9.17) is 16.7 Å². The molecular weight excluding hydrogens is 319 g/mol. The molecule has 0 aliphatic heterocycles. The summed E-state index contributed by atoms with van der Waals surface area (Å²) in [5.41, 5.74) is -0.335. The maximum absolute atomic E-state index is 13.9. The van der Waals surface area contributed by atoms with Crippen molar-refractivity contribution >= 4 is 27.5 Å². The molecule has 1 aliphatic rings. The third kappa shape index (κ3) is 3.36. The first kappa shape index (κ1) is 16.2. The monoisotopic (exact) mass is 334 g/mol. The summed E-state index contributed by atoms with van der Waals surface area (Å²) in [6, 6.07) is 1.75. The molecule has 0 aromatic heterocycles. The quantitative estimate of drug-likeness (QED) is 0.919. The summed E-state index contributed by atoms with van der Waals surface area (Å²) in [6.45, 7) is 0. The van der Waals surface area contributed by atoms with Gasteiger partial charge in [0.05, 0.1) is 10.6 Å². The molecule has 0 unspecified atom stereocenters. The molecule has 1 saturated carbocycles. The molecule has 0 heterocycles. The molecule has 2 N–H and O–H groups in total. The molecule has 8 heteroatoms. The van der Waals surface area contributed by atoms with Crippen molar-refractivity contribution in [2.75, 3.05) is 7.05 Å². The van der Waals surface area contributed by atoms with Crippen LogP contribution in [0.2, 0.25) is 5.02 Å². The molecule has 1 aromatic carbocycles. The average Bonchev–Trinajstić information content (AvgIpc) is 2.89. The standard InChI is InChI=1S/C13H16ClFN2O3S/c1-17(8-4-2-3-5-8)13(18)9-6-12(21(16,19)20)10(14)7-11(9)15/h6-8H,2-5H2,1H3,(H2,16,19,20). The van der Waals surface area contributed by atoms with E-state index < -0.39 is 26.6 Å². The zero-order chi connectivity index (χ0) is 15.8. The Balaban J connectivity index is 2.41. The van der Waals surface area contributed by atoms with Crippen LogP contribution in [0.5, 0.6) is 0 Å². The summed E-state index contributed by atoms with van der Waals surface area (Å²) < 4.78 is 36.8. The largest absolute Gasteiger partial charge is 0.339 e. The van der Waals surface area contributed by atoms with Gasteiger partial charge in [-0.25, -0.2) is 17.9 Å². The van der Waals surface area contributed by atoms with Gasteiger partial charge in [-0.2, -0.15) is 0 Å². The molecule has 0 saturated heterocycles. The molecular formula is C13H16ClFN2O3S. The van der Waals surface area contributed by atoms with Gasteiger partial charge in [-0.05, 0) is 25.0 Å². The first-order chi connectivity index (χ1) is 9.71. The van der Waals surface area contributed by atoms with E-state index in [0.29, 0.717) is 0 Å². The van der Waals surface area contributed by atoms with Crippen molar-refractivity contribution in [1.29, 1.82) is 0 Å². The van der Waals surface area contributed by atoms with E-state index in [2.05, 4.69) is 0 Å². The fraction of sp³-hybridized carbons (Fsp3) is 0.462. The van der Waals surface area contributed by atoms with Gasteiger partial charge in [0, 0.05) is 13.1 Å². The van der Waals surface area contributed by atoms with Crippen LogP contribution < -0.4 is 5.14 Å². The highest BCUT2D eigenvalue weighted by molar-refractivity contribution is 7.89. The van der Waals surface area contributed by atoms with Crippen LogP contribution in [0, 0.1) is 5.82 Å². The molecule has 1 aliphatic carbocycles. The maximum Gasteiger partial charge on any atom is 0.256 e. The number of primary sulfonamides is 1. The second-order valence-corrected chi connectivity index (χ2v) is 7.10.